The fourth-order valence-corrected chi connectivity index (χ4v) is 5.98. The summed E-state index contributed by atoms with van der Waals surface area (Å²) in [5, 5.41) is 0.342. The lowest BCUT2D eigenvalue weighted by molar-refractivity contribution is -0.148. The fraction of sp³-hybridized carbons (Fsp3) is 0.400. The van der Waals surface area contributed by atoms with E-state index in [9.17, 15) is 13.2 Å². The van der Waals surface area contributed by atoms with Gasteiger partial charge < -0.3 is 4.74 Å². The topological polar surface area (TPSA) is 73.3 Å². The van der Waals surface area contributed by atoms with Crippen molar-refractivity contribution in [3.05, 3.63) is 58.4 Å². The first kappa shape index (κ1) is 19.8. The summed E-state index contributed by atoms with van der Waals surface area (Å²) >= 11 is 5.76. The maximum Gasteiger partial charge on any atom is 0.328 e. The molecule has 1 aliphatic carbocycles. The van der Waals surface area contributed by atoms with E-state index in [2.05, 4.69) is 4.98 Å². The van der Waals surface area contributed by atoms with Crippen molar-refractivity contribution in [3.8, 4) is 0 Å². The van der Waals surface area contributed by atoms with Gasteiger partial charge in [-0.2, -0.15) is 0 Å². The van der Waals surface area contributed by atoms with Gasteiger partial charge in [-0.15, -0.1) is 0 Å². The van der Waals surface area contributed by atoms with Crippen LogP contribution in [0.4, 0.5) is 0 Å². The van der Waals surface area contributed by atoms with Crippen LogP contribution in [-0.2, 0) is 26.0 Å². The zero-order chi connectivity index (χ0) is 19.7. The van der Waals surface area contributed by atoms with Gasteiger partial charge in [0.05, 0.1) is 4.90 Å². The number of aromatic nitrogens is 1. The second-order valence-corrected chi connectivity index (χ2v) is 9.65. The molecule has 0 bridgehead atoms. The van der Waals surface area contributed by atoms with Crippen molar-refractivity contribution in [1.29, 1.82) is 0 Å². The van der Waals surface area contributed by atoms with Crippen LogP contribution in [-0.4, -0.2) is 24.1 Å². The van der Waals surface area contributed by atoms with Crippen LogP contribution in [0.25, 0.3) is 0 Å². The number of benzene rings is 1. The van der Waals surface area contributed by atoms with Crippen molar-refractivity contribution < 1.29 is 17.9 Å². The molecule has 0 radical (unpaired) electrons. The van der Waals surface area contributed by atoms with Crippen LogP contribution in [0.1, 0.15) is 42.4 Å². The zero-order valence-electron chi connectivity index (χ0n) is 15.4. The number of sulfone groups is 1. The van der Waals surface area contributed by atoms with E-state index in [1.54, 1.807) is 31.2 Å². The van der Waals surface area contributed by atoms with Gasteiger partial charge in [-0.3, -0.25) is 4.79 Å². The summed E-state index contributed by atoms with van der Waals surface area (Å²) < 4.78 is 30.9. The molecular formula is C20H22ClNO4S. The van der Waals surface area contributed by atoms with Gasteiger partial charge in [0.1, 0.15) is 11.8 Å². The Morgan fingerprint density at radius 2 is 1.89 bits per heavy atom. The molecule has 1 aromatic carbocycles. The lowest BCUT2D eigenvalue weighted by Gasteiger charge is -2.27. The maximum atomic E-state index is 13.5. The lowest BCUT2D eigenvalue weighted by atomic mass is 10.1. The van der Waals surface area contributed by atoms with E-state index in [-0.39, 0.29) is 24.3 Å². The van der Waals surface area contributed by atoms with Gasteiger partial charge in [0.2, 0.25) is 0 Å². The molecule has 0 N–H and O–H groups in total. The van der Waals surface area contributed by atoms with Gasteiger partial charge in [-0.05, 0) is 49.9 Å². The highest BCUT2D eigenvalue weighted by Gasteiger charge is 2.54. The van der Waals surface area contributed by atoms with Crippen LogP contribution in [0.2, 0.25) is 5.15 Å². The molecule has 27 heavy (non-hydrogen) atoms. The molecule has 3 rings (SSSR count). The standard InChI is InChI=1S/C20H22ClNO4S/c1-14-5-6-15(2)17(11-14)27(24,25)20(9-3-4-10-20)19(23)26-13-16-7-8-18(21)22-12-16/h5-8,11-12H,3-4,9-10,13H2,1-2H3. The van der Waals surface area contributed by atoms with Crippen LogP contribution in [0.3, 0.4) is 0 Å². The Hall–Kier alpha value is -1.92. The SMILES string of the molecule is Cc1ccc(C)c(S(=O)(=O)C2(C(=O)OCc3ccc(Cl)nc3)CCCC2)c1. The average molecular weight is 408 g/mol. The van der Waals surface area contributed by atoms with Gasteiger partial charge in [0.25, 0.3) is 0 Å². The Labute approximate surface area is 164 Å². The monoisotopic (exact) mass is 407 g/mol. The van der Waals surface area contributed by atoms with E-state index in [0.29, 0.717) is 29.1 Å². The maximum absolute atomic E-state index is 13.5. The molecule has 0 atom stereocenters. The van der Waals surface area contributed by atoms with Gasteiger partial charge in [0, 0.05) is 11.8 Å². The summed E-state index contributed by atoms with van der Waals surface area (Å²) in [4.78, 5) is 17.1. The molecule has 1 aliphatic rings. The minimum absolute atomic E-state index is 0.0347. The van der Waals surface area contributed by atoms with Crippen LogP contribution in [0, 0.1) is 13.8 Å². The van der Waals surface area contributed by atoms with Crippen molar-refractivity contribution in [3.63, 3.8) is 0 Å². The van der Waals surface area contributed by atoms with Crippen LogP contribution in [0.5, 0.6) is 0 Å². The van der Waals surface area contributed by atoms with Crippen molar-refractivity contribution in [1.82, 2.24) is 4.98 Å². The lowest BCUT2D eigenvalue weighted by Crippen LogP contribution is -2.45. The van der Waals surface area contributed by atoms with E-state index >= 15 is 0 Å². The van der Waals surface area contributed by atoms with E-state index < -0.39 is 20.6 Å². The van der Waals surface area contributed by atoms with Crippen LogP contribution in [0.15, 0.2) is 41.4 Å². The second kappa shape index (κ2) is 7.60. The number of aryl methyl sites for hydroxylation is 2. The molecule has 5 nitrogen and oxygen atoms in total. The van der Waals surface area contributed by atoms with Crippen molar-refractivity contribution in [2.24, 2.45) is 0 Å². The Morgan fingerprint density at radius 3 is 2.52 bits per heavy atom. The molecule has 0 amide bonds. The number of hydrogen-bond acceptors (Lipinski definition) is 5. The van der Waals surface area contributed by atoms with Gasteiger partial charge in [0.15, 0.2) is 14.6 Å². The van der Waals surface area contributed by atoms with E-state index in [4.69, 9.17) is 16.3 Å². The number of rotatable bonds is 5. The summed E-state index contributed by atoms with van der Waals surface area (Å²) in [6.07, 6.45) is 3.43. The quantitative estimate of drug-likeness (QED) is 0.549. The summed E-state index contributed by atoms with van der Waals surface area (Å²) in [6.45, 7) is 3.55. The third kappa shape index (κ3) is 3.73. The van der Waals surface area contributed by atoms with E-state index in [1.807, 2.05) is 13.0 Å². The zero-order valence-corrected chi connectivity index (χ0v) is 16.9. The van der Waals surface area contributed by atoms with Crippen molar-refractivity contribution >= 4 is 27.4 Å². The van der Waals surface area contributed by atoms with Crippen LogP contribution < -0.4 is 0 Å². The fourth-order valence-electron chi connectivity index (χ4n) is 3.51. The summed E-state index contributed by atoms with van der Waals surface area (Å²) in [5.41, 5.74) is 2.14. The Morgan fingerprint density at radius 1 is 1.19 bits per heavy atom. The van der Waals surface area contributed by atoms with E-state index in [1.165, 1.54) is 6.20 Å². The Balaban J connectivity index is 1.91. The Kier molecular flexibility index (Phi) is 5.58. The number of esters is 1. The second-order valence-electron chi connectivity index (χ2n) is 7.04. The van der Waals surface area contributed by atoms with Gasteiger partial charge in [-0.1, -0.05) is 42.6 Å². The molecule has 0 unspecified atom stereocenters. The molecule has 1 fully saturated rings. The number of nitrogens with zero attached hydrogens (tertiary/aromatic N) is 1. The van der Waals surface area contributed by atoms with Crippen molar-refractivity contribution in [2.45, 2.75) is 55.8 Å². The minimum Gasteiger partial charge on any atom is -0.460 e. The normalized spacial score (nSPS) is 16.3. The first-order valence-electron chi connectivity index (χ1n) is 8.86. The molecular weight excluding hydrogens is 386 g/mol. The predicted octanol–water partition coefficient (Wildman–Crippen LogP) is 4.18. The van der Waals surface area contributed by atoms with Gasteiger partial charge in [-0.25, -0.2) is 13.4 Å². The summed E-state index contributed by atoms with van der Waals surface area (Å²) in [6, 6.07) is 8.57. The third-order valence-corrected chi connectivity index (χ3v) is 7.94. The summed E-state index contributed by atoms with van der Waals surface area (Å²) in [5.74, 6) is -0.684. The molecule has 7 heteroatoms. The third-order valence-electron chi connectivity index (χ3n) is 5.09. The average Bonchev–Trinajstić information content (AvgIpc) is 3.14. The molecule has 1 saturated carbocycles. The molecule has 1 heterocycles. The molecule has 0 saturated heterocycles. The number of ether oxygens (including phenoxy) is 1. The first-order chi connectivity index (χ1) is 12.8. The molecule has 0 spiro atoms. The van der Waals surface area contributed by atoms with Crippen LogP contribution >= 0.6 is 11.6 Å². The number of carbonyl (C=O) groups is 1. The molecule has 1 aromatic heterocycles. The highest BCUT2D eigenvalue weighted by Crippen LogP contribution is 2.42. The molecule has 0 aliphatic heterocycles. The Bertz CT molecular complexity index is 948. The van der Waals surface area contributed by atoms with Crippen molar-refractivity contribution in [2.75, 3.05) is 0 Å². The number of carbonyl (C=O) groups excluding carboxylic acids is 1. The molecule has 144 valence electrons. The molecule has 2 aromatic rings. The largest absolute Gasteiger partial charge is 0.460 e. The number of pyridine rings is 1. The van der Waals surface area contributed by atoms with E-state index in [0.717, 1.165) is 5.56 Å². The minimum atomic E-state index is -3.88. The van der Waals surface area contributed by atoms with Gasteiger partial charge >= 0.3 is 5.97 Å². The first-order valence-corrected chi connectivity index (χ1v) is 10.7. The highest BCUT2D eigenvalue weighted by molar-refractivity contribution is 7.93. The number of halogens is 1. The highest BCUT2D eigenvalue weighted by atomic mass is 35.5. The predicted molar refractivity (Wildman–Crippen MR) is 103 cm³/mol. The smallest absolute Gasteiger partial charge is 0.328 e. The number of hydrogen-bond donors (Lipinski definition) is 0. The summed E-state index contributed by atoms with van der Waals surface area (Å²) in [7, 11) is -3.88.